The first kappa shape index (κ1) is 11.2. The Balaban J connectivity index is 3.12. The molecular weight excluding hydrogens is 222 g/mol. The van der Waals surface area contributed by atoms with Crippen LogP contribution in [-0.2, 0) is 0 Å². The highest BCUT2D eigenvalue weighted by Crippen LogP contribution is 2.25. The van der Waals surface area contributed by atoms with Crippen LogP contribution in [0.25, 0.3) is 0 Å². The molecule has 15 heavy (non-hydrogen) atoms. The Kier molecular flexibility index (Phi) is 2.78. The summed E-state index contributed by atoms with van der Waals surface area (Å²) in [7, 11) is 0. The topological polar surface area (TPSA) is 59.4 Å². The number of alkyl halides is 3. The molecule has 0 unspecified atom stereocenters. The average molecular weight is 225 g/mol. The lowest BCUT2D eigenvalue weighted by atomic mass is 10.2. The predicted octanol–water partition coefficient (Wildman–Crippen LogP) is 1.82. The molecule has 4 nitrogen and oxygen atoms in total. The van der Waals surface area contributed by atoms with E-state index in [1.54, 1.807) is 0 Å². The molecule has 0 atom stereocenters. The van der Waals surface area contributed by atoms with Crippen molar-refractivity contribution in [1.82, 2.24) is 4.98 Å². The average Bonchev–Trinajstić information content (AvgIpc) is 2.05. The highest BCUT2D eigenvalue weighted by Gasteiger charge is 2.33. The SMILES string of the molecule is O=C(O)c1cc(F)ncc1OC(F)(F)F. The first-order valence-corrected chi connectivity index (χ1v) is 3.44. The summed E-state index contributed by atoms with van der Waals surface area (Å²) < 4.78 is 51.0. The lowest BCUT2D eigenvalue weighted by Crippen LogP contribution is -2.19. The summed E-state index contributed by atoms with van der Waals surface area (Å²) in [6, 6.07) is 0.337. The number of aromatic nitrogens is 1. The van der Waals surface area contributed by atoms with Gasteiger partial charge in [0.1, 0.15) is 5.56 Å². The van der Waals surface area contributed by atoms with E-state index in [1.165, 1.54) is 0 Å². The Labute approximate surface area is 80.1 Å². The van der Waals surface area contributed by atoms with Crippen LogP contribution in [-0.4, -0.2) is 22.4 Å². The first-order chi connectivity index (χ1) is 6.79. The fourth-order valence-corrected chi connectivity index (χ4v) is 0.790. The Morgan fingerprint density at radius 1 is 1.47 bits per heavy atom. The highest BCUT2D eigenvalue weighted by molar-refractivity contribution is 5.90. The van der Waals surface area contributed by atoms with Crippen LogP contribution >= 0.6 is 0 Å². The second-order valence-corrected chi connectivity index (χ2v) is 2.36. The minimum atomic E-state index is -5.05. The van der Waals surface area contributed by atoms with E-state index in [0.717, 1.165) is 0 Å². The first-order valence-electron chi connectivity index (χ1n) is 3.44. The van der Waals surface area contributed by atoms with Crippen molar-refractivity contribution in [2.45, 2.75) is 6.36 Å². The van der Waals surface area contributed by atoms with Crippen LogP contribution in [0, 0.1) is 5.95 Å². The van der Waals surface area contributed by atoms with E-state index in [2.05, 4.69) is 9.72 Å². The maximum atomic E-state index is 12.4. The van der Waals surface area contributed by atoms with E-state index in [9.17, 15) is 22.4 Å². The maximum Gasteiger partial charge on any atom is 0.573 e. The van der Waals surface area contributed by atoms with Crippen LogP contribution in [0.4, 0.5) is 17.6 Å². The summed E-state index contributed by atoms with van der Waals surface area (Å²) in [5.74, 6) is -4.01. The Morgan fingerprint density at radius 3 is 2.53 bits per heavy atom. The molecule has 0 fully saturated rings. The number of ether oxygens (including phenoxy) is 1. The van der Waals surface area contributed by atoms with Gasteiger partial charge in [0.05, 0.1) is 6.20 Å². The molecule has 82 valence electrons. The van der Waals surface area contributed by atoms with Crippen LogP contribution in [0.5, 0.6) is 5.75 Å². The van der Waals surface area contributed by atoms with E-state index in [0.29, 0.717) is 12.3 Å². The molecule has 0 spiro atoms. The van der Waals surface area contributed by atoms with Gasteiger partial charge >= 0.3 is 12.3 Å². The summed E-state index contributed by atoms with van der Waals surface area (Å²) in [5, 5.41) is 8.45. The van der Waals surface area contributed by atoms with E-state index in [1.807, 2.05) is 0 Å². The molecule has 0 bridgehead atoms. The van der Waals surface area contributed by atoms with Gasteiger partial charge < -0.3 is 9.84 Å². The number of carboxylic acid groups (broad SMARTS) is 1. The molecule has 8 heteroatoms. The molecule has 0 amide bonds. The molecular formula is C7H3F4NO3. The minimum absolute atomic E-state index is 0.337. The fourth-order valence-electron chi connectivity index (χ4n) is 0.790. The summed E-state index contributed by atoms with van der Waals surface area (Å²) in [4.78, 5) is 13.3. The van der Waals surface area contributed by atoms with Gasteiger partial charge in [0, 0.05) is 6.07 Å². The summed E-state index contributed by atoms with van der Waals surface area (Å²) in [6.07, 6.45) is -4.70. The van der Waals surface area contributed by atoms with Crippen molar-refractivity contribution in [3.63, 3.8) is 0 Å². The molecule has 0 aromatic carbocycles. The molecule has 1 rings (SSSR count). The number of rotatable bonds is 2. The van der Waals surface area contributed by atoms with Crippen LogP contribution < -0.4 is 4.74 Å². The van der Waals surface area contributed by atoms with Crippen LogP contribution in [0.15, 0.2) is 12.3 Å². The Hall–Kier alpha value is -1.86. The van der Waals surface area contributed by atoms with Gasteiger partial charge in [0.25, 0.3) is 0 Å². The second kappa shape index (κ2) is 3.71. The smallest absolute Gasteiger partial charge is 0.478 e. The normalized spacial score (nSPS) is 11.2. The van der Waals surface area contributed by atoms with Gasteiger partial charge in [-0.25, -0.2) is 9.78 Å². The molecule has 1 aromatic heterocycles. The third-order valence-corrected chi connectivity index (χ3v) is 1.29. The van der Waals surface area contributed by atoms with Gasteiger partial charge in [0.15, 0.2) is 5.75 Å². The van der Waals surface area contributed by atoms with Gasteiger partial charge in [-0.15, -0.1) is 13.2 Å². The van der Waals surface area contributed by atoms with E-state index in [4.69, 9.17) is 5.11 Å². The van der Waals surface area contributed by atoms with Crippen molar-refractivity contribution in [1.29, 1.82) is 0 Å². The fraction of sp³-hybridized carbons (Fsp3) is 0.143. The number of hydrogen-bond acceptors (Lipinski definition) is 3. The van der Waals surface area contributed by atoms with E-state index >= 15 is 0 Å². The monoisotopic (exact) mass is 225 g/mol. The van der Waals surface area contributed by atoms with Gasteiger partial charge in [-0.3, -0.25) is 0 Å². The van der Waals surface area contributed by atoms with E-state index < -0.39 is 29.6 Å². The van der Waals surface area contributed by atoms with Crippen LogP contribution in [0.1, 0.15) is 10.4 Å². The molecule has 1 aromatic rings. The van der Waals surface area contributed by atoms with Gasteiger partial charge in [0.2, 0.25) is 5.95 Å². The van der Waals surface area contributed by atoms with Crippen molar-refractivity contribution < 1.29 is 32.2 Å². The molecule has 0 aliphatic carbocycles. The Morgan fingerprint density at radius 2 is 2.07 bits per heavy atom. The highest BCUT2D eigenvalue weighted by atomic mass is 19.4. The zero-order chi connectivity index (χ0) is 11.6. The number of aromatic carboxylic acids is 1. The maximum absolute atomic E-state index is 12.4. The number of carbonyl (C=O) groups is 1. The minimum Gasteiger partial charge on any atom is -0.478 e. The Bertz CT molecular complexity index is 390. The van der Waals surface area contributed by atoms with Crippen LogP contribution in [0.3, 0.4) is 0 Å². The van der Waals surface area contributed by atoms with Crippen molar-refractivity contribution in [2.24, 2.45) is 0 Å². The number of hydrogen-bond donors (Lipinski definition) is 1. The number of pyridine rings is 1. The van der Waals surface area contributed by atoms with Crippen molar-refractivity contribution >= 4 is 5.97 Å². The molecule has 0 saturated heterocycles. The number of carboxylic acids is 1. The summed E-state index contributed by atoms with van der Waals surface area (Å²) in [5.41, 5.74) is -0.945. The predicted molar refractivity (Wildman–Crippen MR) is 37.8 cm³/mol. The van der Waals surface area contributed by atoms with E-state index in [-0.39, 0.29) is 0 Å². The van der Waals surface area contributed by atoms with Gasteiger partial charge in [-0.1, -0.05) is 0 Å². The number of nitrogens with zero attached hydrogens (tertiary/aromatic N) is 1. The molecule has 1 heterocycles. The third-order valence-electron chi connectivity index (χ3n) is 1.29. The standard InChI is InChI=1S/C7H3F4NO3/c8-5-1-3(6(13)14)4(2-12-5)15-7(9,10)11/h1-2H,(H,13,14). The largest absolute Gasteiger partial charge is 0.573 e. The van der Waals surface area contributed by atoms with Crippen molar-refractivity contribution in [3.05, 3.63) is 23.8 Å². The lowest BCUT2D eigenvalue weighted by molar-refractivity contribution is -0.274. The lowest BCUT2D eigenvalue weighted by Gasteiger charge is -2.10. The van der Waals surface area contributed by atoms with Crippen molar-refractivity contribution in [2.75, 3.05) is 0 Å². The number of halogens is 4. The van der Waals surface area contributed by atoms with Gasteiger partial charge in [-0.2, -0.15) is 4.39 Å². The van der Waals surface area contributed by atoms with Crippen LogP contribution in [0.2, 0.25) is 0 Å². The summed E-state index contributed by atoms with van der Waals surface area (Å²) in [6.45, 7) is 0. The quantitative estimate of drug-likeness (QED) is 0.616. The van der Waals surface area contributed by atoms with Crippen molar-refractivity contribution in [3.8, 4) is 5.75 Å². The summed E-state index contributed by atoms with van der Waals surface area (Å²) >= 11 is 0. The second-order valence-electron chi connectivity index (χ2n) is 2.36. The zero-order valence-corrected chi connectivity index (χ0v) is 6.88. The third kappa shape index (κ3) is 3.08. The molecule has 0 aliphatic rings. The zero-order valence-electron chi connectivity index (χ0n) is 6.88. The molecule has 0 saturated carbocycles. The van der Waals surface area contributed by atoms with Gasteiger partial charge in [-0.05, 0) is 0 Å². The molecule has 1 N–H and O–H groups in total. The molecule has 0 radical (unpaired) electrons. The molecule has 0 aliphatic heterocycles.